The van der Waals surface area contributed by atoms with Gasteiger partial charge in [-0.2, -0.15) is 0 Å². The Morgan fingerprint density at radius 1 is 1.20 bits per heavy atom. The Morgan fingerprint density at radius 3 is 2.92 bits per heavy atom. The van der Waals surface area contributed by atoms with E-state index in [0.717, 1.165) is 23.0 Å². The summed E-state index contributed by atoms with van der Waals surface area (Å²) in [7, 11) is 0. The largest absolute Gasteiger partial charge is 0.358 e. The number of nitrogens with one attached hydrogen (secondary N) is 2. The molecule has 1 aromatic heterocycles. The summed E-state index contributed by atoms with van der Waals surface area (Å²) in [6.07, 6.45) is 6.50. The lowest BCUT2D eigenvalue weighted by Gasteiger charge is -2.44. The van der Waals surface area contributed by atoms with Gasteiger partial charge >= 0.3 is 0 Å². The number of hydrogen-bond donors (Lipinski definition) is 2. The highest BCUT2D eigenvalue weighted by atomic mass is 16.1. The van der Waals surface area contributed by atoms with Gasteiger partial charge in [0.1, 0.15) is 0 Å². The molecule has 4 nitrogen and oxygen atoms in total. The summed E-state index contributed by atoms with van der Waals surface area (Å²) in [5.41, 5.74) is 4.28. The molecule has 2 aliphatic heterocycles. The molecule has 1 amide bonds. The predicted octanol–water partition coefficient (Wildman–Crippen LogP) is 3.78. The highest BCUT2D eigenvalue weighted by Gasteiger charge is 2.32. The second-order valence-corrected chi connectivity index (χ2v) is 7.85. The maximum absolute atomic E-state index is 12.7. The zero-order valence-electron chi connectivity index (χ0n) is 15.4. The third kappa shape index (κ3) is 3.20. The van der Waals surface area contributed by atoms with Crippen LogP contribution >= 0.6 is 0 Å². The van der Waals surface area contributed by atoms with Crippen LogP contribution in [0.1, 0.15) is 53.7 Å². The summed E-state index contributed by atoms with van der Waals surface area (Å²) < 4.78 is 0. The van der Waals surface area contributed by atoms with Gasteiger partial charge in [0.25, 0.3) is 5.91 Å². The fourth-order valence-electron chi connectivity index (χ4n) is 4.74. The monoisotopic (exact) mass is 339 g/mol. The standard InChI is InChI=1S/C21H29N3O/c1-14-15(2)23-19-9-8-16(12-18(14)19)21(25)22-13-17-6-5-11-24-10-4-3-7-20(17)24/h8-9,12,17,20,23H,3-7,10-11,13H2,1-2H3,(H,22,25)/t17-,20?/m0/s1. The first-order valence-corrected chi connectivity index (χ1v) is 9.74. The second-order valence-electron chi connectivity index (χ2n) is 7.85. The molecule has 2 saturated heterocycles. The zero-order valence-corrected chi connectivity index (χ0v) is 15.4. The van der Waals surface area contributed by atoms with Gasteiger partial charge in [0.05, 0.1) is 0 Å². The molecule has 2 fully saturated rings. The van der Waals surface area contributed by atoms with Crippen molar-refractivity contribution in [1.82, 2.24) is 15.2 Å². The van der Waals surface area contributed by atoms with Crippen molar-refractivity contribution in [2.45, 2.75) is 52.0 Å². The van der Waals surface area contributed by atoms with Crippen LogP contribution in [0.2, 0.25) is 0 Å². The van der Waals surface area contributed by atoms with Gasteiger partial charge in [0, 0.05) is 34.7 Å². The highest BCUT2D eigenvalue weighted by molar-refractivity contribution is 5.99. The first-order chi connectivity index (χ1) is 12.1. The summed E-state index contributed by atoms with van der Waals surface area (Å²) in [6.45, 7) is 7.49. The fourth-order valence-corrected chi connectivity index (χ4v) is 4.74. The minimum atomic E-state index is 0.0630. The SMILES string of the molecule is Cc1[nH]c2ccc(C(=O)NC[C@@H]3CCCN4CCCCC34)cc2c1C. The number of piperidine rings is 2. The Morgan fingerprint density at radius 2 is 2.04 bits per heavy atom. The van der Waals surface area contributed by atoms with Gasteiger partial charge in [-0.25, -0.2) is 0 Å². The Hall–Kier alpha value is -1.81. The van der Waals surface area contributed by atoms with Crippen molar-refractivity contribution in [3.8, 4) is 0 Å². The van der Waals surface area contributed by atoms with E-state index in [9.17, 15) is 4.79 Å². The van der Waals surface area contributed by atoms with Crippen molar-refractivity contribution in [1.29, 1.82) is 0 Å². The van der Waals surface area contributed by atoms with E-state index in [2.05, 4.69) is 29.0 Å². The number of aryl methyl sites for hydroxylation is 2. The molecule has 0 spiro atoms. The third-order valence-corrected chi connectivity index (χ3v) is 6.32. The van der Waals surface area contributed by atoms with Gasteiger partial charge < -0.3 is 15.2 Å². The highest BCUT2D eigenvalue weighted by Crippen LogP contribution is 2.30. The first-order valence-electron chi connectivity index (χ1n) is 9.74. The average Bonchev–Trinajstić information content (AvgIpc) is 2.93. The zero-order chi connectivity index (χ0) is 17.4. The molecule has 0 saturated carbocycles. The summed E-state index contributed by atoms with van der Waals surface area (Å²) in [4.78, 5) is 18.7. The molecule has 0 aliphatic carbocycles. The Kier molecular flexibility index (Phi) is 4.55. The number of rotatable bonds is 3. The summed E-state index contributed by atoms with van der Waals surface area (Å²) in [5.74, 6) is 0.672. The van der Waals surface area contributed by atoms with Crippen LogP contribution in [0.15, 0.2) is 18.2 Å². The van der Waals surface area contributed by atoms with Gasteiger partial charge in [0.2, 0.25) is 0 Å². The lowest BCUT2D eigenvalue weighted by Crippen LogP contribution is -2.51. The molecule has 0 bridgehead atoms. The molecule has 1 aromatic carbocycles. The van der Waals surface area contributed by atoms with Gasteiger partial charge in [-0.1, -0.05) is 6.42 Å². The number of hydrogen-bond acceptors (Lipinski definition) is 2. The number of nitrogens with zero attached hydrogens (tertiary/aromatic N) is 1. The van der Waals surface area contributed by atoms with E-state index in [0.29, 0.717) is 12.0 Å². The number of H-pyrrole nitrogens is 1. The third-order valence-electron chi connectivity index (χ3n) is 6.32. The molecule has 25 heavy (non-hydrogen) atoms. The summed E-state index contributed by atoms with van der Waals surface area (Å²) in [6, 6.07) is 6.66. The van der Waals surface area contributed by atoms with Crippen molar-refractivity contribution in [2.75, 3.05) is 19.6 Å². The van der Waals surface area contributed by atoms with Crippen LogP contribution in [0.25, 0.3) is 10.9 Å². The Labute approximate surface area is 150 Å². The van der Waals surface area contributed by atoms with Crippen LogP contribution in [0.5, 0.6) is 0 Å². The molecule has 1 unspecified atom stereocenters. The fraction of sp³-hybridized carbons (Fsp3) is 0.571. The number of carbonyl (C=O) groups is 1. The molecular formula is C21H29N3O. The summed E-state index contributed by atoms with van der Waals surface area (Å²) >= 11 is 0. The Bertz CT molecular complexity index is 777. The molecule has 4 heteroatoms. The number of amides is 1. The lowest BCUT2D eigenvalue weighted by molar-refractivity contribution is 0.0575. The van der Waals surface area contributed by atoms with Gasteiger partial charge in [-0.15, -0.1) is 0 Å². The van der Waals surface area contributed by atoms with E-state index in [1.807, 2.05) is 18.2 Å². The smallest absolute Gasteiger partial charge is 0.251 e. The van der Waals surface area contributed by atoms with E-state index < -0.39 is 0 Å². The molecule has 2 atom stereocenters. The molecule has 134 valence electrons. The maximum atomic E-state index is 12.7. The second kappa shape index (κ2) is 6.83. The van der Waals surface area contributed by atoms with Crippen molar-refractivity contribution in [2.24, 2.45) is 5.92 Å². The number of fused-ring (bicyclic) bond motifs is 2. The van der Waals surface area contributed by atoms with Crippen LogP contribution in [-0.2, 0) is 0 Å². The normalized spacial score (nSPS) is 24.2. The van der Waals surface area contributed by atoms with E-state index in [1.165, 1.54) is 56.5 Å². The molecule has 2 N–H and O–H groups in total. The maximum Gasteiger partial charge on any atom is 0.251 e. The molecule has 2 aliphatic rings. The quantitative estimate of drug-likeness (QED) is 0.894. The summed E-state index contributed by atoms with van der Waals surface area (Å²) in [5, 5.41) is 4.37. The number of aromatic amines is 1. The predicted molar refractivity (Wildman–Crippen MR) is 102 cm³/mol. The minimum Gasteiger partial charge on any atom is -0.358 e. The van der Waals surface area contributed by atoms with E-state index in [4.69, 9.17) is 0 Å². The first kappa shape index (κ1) is 16.6. The molecule has 2 aromatic rings. The van der Waals surface area contributed by atoms with Crippen molar-refractivity contribution in [3.63, 3.8) is 0 Å². The molecule has 4 rings (SSSR count). The van der Waals surface area contributed by atoms with Gasteiger partial charge in [0.15, 0.2) is 0 Å². The van der Waals surface area contributed by atoms with Crippen LogP contribution < -0.4 is 5.32 Å². The number of aromatic nitrogens is 1. The van der Waals surface area contributed by atoms with E-state index in [1.54, 1.807) is 0 Å². The van der Waals surface area contributed by atoms with E-state index >= 15 is 0 Å². The van der Waals surface area contributed by atoms with Crippen LogP contribution in [-0.4, -0.2) is 41.5 Å². The van der Waals surface area contributed by atoms with Crippen molar-refractivity contribution < 1.29 is 4.79 Å². The number of benzene rings is 1. The molecule has 3 heterocycles. The lowest BCUT2D eigenvalue weighted by atomic mass is 9.83. The van der Waals surface area contributed by atoms with Crippen LogP contribution in [0.3, 0.4) is 0 Å². The average molecular weight is 339 g/mol. The van der Waals surface area contributed by atoms with Crippen LogP contribution in [0.4, 0.5) is 0 Å². The molecular weight excluding hydrogens is 310 g/mol. The van der Waals surface area contributed by atoms with Gasteiger partial charge in [-0.3, -0.25) is 4.79 Å². The van der Waals surface area contributed by atoms with Crippen LogP contribution in [0, 0.1) is 19.8 Å². The van der Waals surface area contributed by atoms with Crippen molar-refractivity contribution >= 4 is 16.8 Å². The topological polar surface area (TPSA) is 48.1 Å². The van der Waals surface area contributed by atoms with E-state index in [-0.39, 0.29) is 5.91 Å². The van der Waals surface area contributed by atoms with Gasteiger partial charge in [-0.05, 0) is 82.3 Å². The van der Waals surface area contributed by atoms with Crippen molar-refractivity contribution in [3.05, 3.63) is 35.0 Å². The Balaban J connectivity index is 1.44. The molecule has 0 radical (unpaired) electrons. The minimum absolute atomic E-state index is 0.0630. The number of carbonyl (C=O) groups excluding carboxylic acids is 1.